The van der Waals surface area contributed by atoms with Gasteiger partial charge in [-0.05, 0) is 6.92 Å². The Morgan fingerprint density at radius 3 is 2.54 bits per heavy atom. The van der Waals surface area contributed by atoms with E-state index in [0.29, 0.717) is 0 Å². The first-order chi connectivity index (χ1) is 6.36. The van der Waals surface area contributed by atoms with Crippen LogP contribution in [-0.2, 0) is 0 Å². The molecule has 0 saturated carbocycles. The van der Waals surface area contributed by atoms with Gasteiger partial charge in [-0.2, -0.15) is 0 Å². The summed E-state index contributed by atoms with van der Waals surface area (Å²) in [5.41, 5.74) is 0. The summed E-state index contributed by atoms with van der Waals surface area (Å²) in [5, 5.41) is 0. The van der Waals surface area contributed by atoms with E-state index in [1.807, 2.05) is 20.9 Å². The molecule has 0 saturated heterocycles. The summed E-state index contributed by atoms with van der Waals surface area (Å²) in [7, 11) is 0. The summed E-state index contributed by atoms with van der Waals surface area (Å²) < 4.78 is 3.98. The number of hydrogen-bond donors (Lipinski definition) is 1. The van der Waals surface area contributed by atoms with Crippen molar-refractivity contribution in [3.05, 3.63) is 37.4 Å². The lowest BCUT2D eigenvalue weighted by molar-refractivity contribution is 1.14. The topological polar surface area (TPSA) is 35.6 Å². The molecule has 0 radical (unpaired) electrons. The molecule has 68 valence electrons. The molecular weight excluding hydrogens is 184 g/mol. The molecule has 0 unspecified atom stereocenters. The minimum Gasteiger partial charge on any atom is -0.304 e. The minimum atomic E-state index is 1.10. The number of thiol groups is 1. The lowest BCUT2D eigenvalue weighted by Gasteiger charge is -2.01. The SMILES string of the molecule is CC(=[SH]n1ccnc1)n1ccnc1. The molecule has 0 spiro atoms. The highest BCUT2D eigenvalue weighted by Gasteiger charge is 1.91. The fourth-order valence-corrected chi connectivity index (χ4v) is 1.77. The molecule has 2 aromatic heterocycles. The van der Waals surface area contributed by atoms with Gasteiger partial charge >= 0.3 is 0 Å². The van der Waals surface area contributed by atoms with Gasteiger partial charge < -0.3 is 4.57 Å². The molecule has 0 atom stereocenters. The molecule has 2 rings (SSSR count). The molecule has 0 fully saturated rings. The quantitative estimate of drug-likeness (QED) is 0.543. The predicted molar refractivity (Wildman–Crippen MR) is 54.9 cm³/mol. The van der Waals surface area contributed by atoms with Gasteiger partial charge in [-0.25, -0.2) is 9.97 Å². The molecule has 0 aliphatic rings. The van der Waals surface area contributed by atoms with E-state index < -0.39 is 0 Å². The molecule has 0 bridgehead atoms. The van der Waals surface area contributed by atoms with Gasteiger partial charge in [-0.15, -0.1) is 0 Å². The van der Waals surface area contributed by atoms with Crippen LogP contribution < -0.4 is 0 Å². The maximum atomic E-state index is 3.99. The third kappa shape index (κ3) is 1.86. The van der Waals surface area contributed by atoms with Crippen LogP contribution in [0.1, 0.15) is 6.92 Å². The molecular formula is C8H10N4S. The number of rotatable bonds is 1. The van der Waals surface area contributed by atoms with Crippen LogP contribution >= 0.6 is 11.5 Å². The third-order valence-corrected chi connectivity index (χ3v) is 2.62. The van der Waals surface area contributed by atoms with Crippen LogP contribution in [0.25, 0.3) is 0 Å². The Morgan fingerprint density at radius 2 is 1.92 bits per heavy atom. The van der Waals surface area contributed by atoms with E-state index in [9.17, 15) is 0 Å². The first kappa shape index (κ1) is 8.25. The lowest BCUT2D eigenvalue weighted by atomic mass is 10.7. The van der Waals surface area contributed by atoms with Crippen molar-refractivity contribution in [3.63, 3.8) is 0 Å². The van der Waals surface area contributed by atoms with Gasteiger partial charge in [-0.3, -0.25) is 3.97 Å². The van der Waals surface area contributed by atoms with Crippen molar-refractivity contribution in [1.82, 2.24) is 18.5 Å². The summed E-state index contributed by atoms with van der Waals surface area (Å²) in [6.45, 7) is 2.06. The van der Waals surface area contributed by atoms with E-state index in [-0.39, 0.29) is 0 Å². The fourth-order valence-electron chi connectivity index (χ4n) is 0.981. The average Bonchev–Trinajstić information content (AvgIpc) is 2.74. The smallest absolute Gasteiger partial charge is 0.104 e. The Hall–Kier alpha value is -1.36. The summed E-state index contributed by atoms with van der Waals surface area (Å²) >= 11 is 1.10. The molecule has 4 nitrogen and oxygen atoms in total. The highest BCUT2D eigenvalue weighted by Crippen LogP contribution is 1.99. The zero-order valence-electron chi connectivity index (χ0n) is 7.20. The van der Waals surface area contributed by atoms with Gasteiger partial charge in [-0.1, -0.05) is 11.5 Å². The van der Waals surface area contributed by atoms with Crippen molar-refractivity contribution in [3.8, 4) is 0 Å². The average molecular weight is 194 g/mol. The Kier molecular flexibility index (Phi) is 2.27. The van der Waals surface area contributed by atoms with Crippen LogP contribution in [0.5, 0.6) is 0 Å². The maximum absolute atomic E-state index is 3.99. The van der Waals surface area contributed by atoms with Gasteiger partial charge in [0.15, 0.2) is 0 Å². The monoisotopic (exact) mass is 194 g/mol. The Balaban J connectivity index is 2.27. The molecule has 0 aromatic carbocycles. The van der Waals surface area contributed by atoms with E-state index in [0.717, 1.165) is 11.5 Å². The van der Waals surface area contributed by atoms with Gasteiger partial charge in [0.1, 0.15) is 6.33 Å². The fraction of sp³-hybridized carbons (Fsp3) is 0.125. The van der Waals surface area contributed by atoms with E-state index >= 15 is 0 Å². The first-order valence-electron chi connectivity index (χ1n) is 3.88. The molecule has 2 heterocycles. The zero-order valence-corrected chi connectivity index (χ0v) is 8.09. The highest BCUT2D eigenvalue weighted by molar-refractivity contribution is 7.97. The Morgan fingerprint density at radius 1 is 1.15 bits per heavy atom. The molecule has 0 N–H and O–H groups in total. The summed E-state index contributed by atoms with van der Waals surface area (Å²) in [5.74, 6) is 0. The standard InChI is InChI=1S/C8H10N4S/c1-8(11-4-2-9-6-11)13-12-5-3-10-7-12/h2-7,13H,1H3. The second-order valence-corrected chi connectivity index (χ2v) is 3.87. The van der Waals surface area contributed by atoms with Crippen molar-refractivity contribution in [2.45, 2.75) is 6.92 Å². The van der Waals surface area contributed by atoms with Crippen LogP contribution in [0.3, 0.4) is 0 Å². The van der Waals surface area contributed by atoms with Crippen molar-refractivity contribution in [1.29, 1.82) is 0 Å². The first-order valence-corrected chi connectivity index (χ1v) is 4.73. The van der Waals surface area contributed by atoms with Gasteiger partial charge in [0.2, 0.25) is 0 Å². The summed E-state index contributed by atoms with van der Waals surface area (Å²) in [4.78, 5) is 9.15. The Bertz CT molecular complexity index is 388. The van der Waals surface area contributed by atoms with Crippen LogP contribution in [-0.4, -0.2) is 23.5 Å². The van der Waals surface area contributed by atoms with Crippen LogP contribution in [0, 0.1) is 0 Å². The third-order valence-electron chi connectivity index (χ3n) is 1.63. The predicted octanol–water partition coefficient (Wildman–Crippen LogP) is 1.01. The number of nitrogens with zero attached hydrogens (tertiary/aromatic N) is 4. The van der Waals surface area contributed by atoms with Crippen molar-refractivity contribution in [2.24, 2.45) is 0 Å². The van der Waals surface area contributed by atoms with Gasteiger partial charge in [0.25, 0.3) is 0 Å². The number of aromatic nitrogens is 4. The van der Waals surface area contributed by atoms with E-state index in [2.05, 4.69) is 16.9 Å². The van der Waals surface area contributed by atoms with Crippen LogP contribution in [0.4, 0.5) is 0 Å². The second-order valence-electron chi connectivity index (χ2n) is 2.56. The second kappa shape index (κ2) is 3.57. The van der Waals surface area contributed by atoms with Crippen molar-refractivity contribution in [2.75, 3.05) is 0 Å². The summed E-state index contributed by atoms with van der Waals surface area (Å²) in [6.07, 6.45) is 11.0. The van der Waals surface area contributed by atoms with Crippen molar-refractivity contribution >= 4 is 16.5 Å². The molecule has 2 aromatic rings. The molecule has 0 aliphatic heterocycles. The molecule has 13 heavy (non-hydrogen) atoms. The largest absolute Gasteiger partial charge is 0.304 e. The number of hydrogen-bond acceptors (Lipinski definition) is 2. The zero-order chi connectivity index (χ0) is 9.10. The minimum absolute atomic E-state index is 1.10. The molecule has 0 aliphatic carbocycles. The van der Waals surface area contributed by atoms with E-state index in [1.54, 1.807) is 25.0 Å². The number of imidazole rings is 2. The molecule has 0 amide bonds. The maximum Gasteiger partial charge on any atom is 0.104 e. The molecule has 5 heteroatoms. The Labute approximate surface area is 80.0 Å². The van der Waals surface area contributed by atoms with Crippen LogP contribution in [0.2, 0.25) is 0 Å². The van der Waals surface area contributed by atoms with Gasteiger partial charge in [0, 0.05) is 24.8 Å². The van der Waals surface area contributed by atoms with Gasteiger partial charge in [0.05, 0.1) is 11.3 Å². The lowest BCUT2D eigenvalue weighted by Crippen LogP contribution is -2.02. The highest BCUT2D eigenvalue weighted by atomic mass is 32.1. The van der Waals surface area contributed by atoms with E-state index in [1.165, 1.54) is 4.99 Å². The summed E-state index contributed by atoms with van der Waals surface area (Å²) in [6, 6.07) is 0. The van der Waals surface area contributed by atoms with E-state index in [4.69, 9.17) is 0 Å². The normalized spacial score (nSPS) is 12.5. The van der Waals surface area contributed by atoms with Crippen LogP contribution in [0.15, 0.2) is 37.4 Å². The van der Waals surface area contributed by atoms with Crippen molar-refractivity contribution < 1.29 is 0 Å².